The van der Waals surface area contributed by atoms with Crippen LogP contribution in [0.4, 0.5) is 0 Å². The summed E-state index contributed by atoms with van der Waals surface area (Å²) in [7, 11) is 0. The minimum absolute atomic E-state index is 0.0335. The van der Waals surface area contributed by atoms with Crippen molar-refractivity contribution >= 4 is 11.8 Å². The van der Waals surface area contributed by atoms with Crippen LogP contribution in [0, 0.1) is 6.92 Å². The summed E-state index contributed by atoms with van der Waals surface area (Å²) in [6.07, 6.45) is 2.69. The Labute approximate surface area is 148 Å². The number of aromatic nitrogens is 1. The van der Waals surface area contributed by atoms with E-state index in [-0.39, 0.29) is 17.9 Å². The molecule has 1 aromatic carbocycles. The molecule has 1 aromatic heterocycles. The van der Waals surface area contributed by atoms with Crippen LogP contribution in [0.25, 0.3) is 0 Å². The molecule has 3 rings (SSSR count). The highest BCUT2D eigenvalue weighted by molar-refractivity contribution is 5.91. The Bertz CT molecular complexity index is 743. The molecule has 1 aliphatic rings. The van der Waals surface area contributed by atoms with Crippen LogP contribution >= 0.6 is 0 Å². The van der Waals surface area contributed by atoms with Crippen LogP contribution in [0.2, 0.25) is 0 Å². The average Bonchev–Trinajstić information content (AvgIpc) is 2.98. The molecule has 0 spiro atoms. The van der Waals surface area contributed by atoms with E-state index in [4.69, 9.17) is 0 Å². The van der Waals surface area contributed by atoms with Crippen LogP contribution in [-0.2, 0) is 16.1 Å². The molecular weight excluding hydrogens is 314 g/mol. The van der Waals surface area contributed by atoms with Crippen molar-refractivity contribution in [2.24, 2.45) is 0 Å². The van der Waals surface area contributed by atoms with Crippen LogP contribution in [0.3, 0.4) is 0 Å². The predicted molar refractivity (Wildman–Crippen MR) is 95.5 cm³/mol. The third-order valence-electron chi connectivity index (χ3n) is 4.59. The van der Waals surface area contributed by atoms with Gasteiger partial charge in [-0.3, -0.25) is 14.6 Å². The fourth-order valence-corrected chi connectivity index (χ4v) is 3.11. The number of hydrogen-bond donors (Lipinski definition) is 1. The summed E-state index contributed by atoms with van der Waals surface area (Å²) >= 11 is 0. The highest BCUT2D eigenvalue weighted by Crippen LogP contribution is 2.23. The van der Waals surface area contributed by atoms with Gasteiger partial charge in [0.1, 0.15) is 6.04 Å². The Kier molecular flexibility index (Phi) is 5.12. The lowest BCUT2D eigenvalue weighted by molar-refractivity contribution is -0.136. The van der Waals surface area contributed by atoms with E-state index in [1.54, 1.807) is 11.1 Å². The predicted octanol–water partition coefficient (Wildman–Crippen LogP) is 2.76. The largest absolute Gasteiger partial charge is 0.346 e. The van der Waals surface area contributed by atoms with Crippen LogP contribution < -0.4 is 5.32 Å². The van der Waals surface area contributed by atoms with Crippen molar-refractivity contribution in [1.29, 1.82) is 0 Å². The number of carbonyl (C=O) groups is 2. The van der Waals surface area contributed by atoms with Crippen molar-refractivity contribution in [2.45, 2.75) is 45.3 Å². The second kappa shape index (κ2) is 7.47. The fraction of sp³-hybridized carbons (Fsp3) is 0.350. The zero-order valence-electron chi connectivity index (χ0n) is 14.6. The highest BCUT2D eigenvalue weighted by Gasteiger charge is 2.36. The molecule has 2 aromatic rings. The molecule has 1 saturated heterocycles. The van der Waals surface area contributed by atoms with Gasteiger partial charge in [0, 0.05) is 19.2 Å². The van der Waals surface area contributed by atoms with Crippen LogP contribution in [0.5, 0.6) is 0 Å². The lowest BCUT2D eigenvalue weighted by Gasteiger charge is -2.25. The maximum atomic E-state index is 12.7. The number of nitrogens with zero attached hydrogens (tertiary/aromatic N) is 2. The molecule has 0 radical (unpaired) electrons. The summed E-state index contributed by atoms with van der Waals surface area (Å²) in [4.78, 5) is 30.9. The van der Waals surface area contributed by atoms with Crippen LogP contribution in [0.15, 0.2) is 48.7 Å². The molecule has 0 unspecified atom stereocenters. The van der Waals surface area contributed by atoms with Crippen molar-refractivity contribution in [3.8, 4) is 0 Å². The Balaban J connectivity index is 1.68. The molecule has 2 heterocycles. The van der Waals surface area contributed by atoms with Crippen molar-refractivity contribution < 1.29 is 9.59 Å². The zero-order chi connectivity index (χ0) is 17.8. The third kappa shape index (κ3) is 4.05. The molecule has 0 bridgehead atoms. The summed E-state index contributed by atoms with van der Waals surface area (Å²) < 4.78 is 0. The van der Waals surface area contributed by atoms with E-state index < -0.39 is 6.04 Å². The maximum Gasteiger partial charge on any atom is 0.243 e. The Morgan fingerprint density at radius 1 is 1.28 bits per heavy atom. The Morgan fingerprint density at radius 2 is 2.04 bits per heavy atom. The molecule has 5 nitrogen and oxygen atoms in total. The number of rotatable bonds is 5. The van der Waals surface area contributed by atoms with E-state index in [1.807, 2.05) is 56.3 Å². The molecule has 0 aliphatic carbocycles. The molecule has 0 saturated carbocycles. The van der Waals surface area contributed by atoms with Gasteiger partial charge < -0.3 is 10.2 Å². The van der Waals surface area contributed by atoms with E-state index in [0.717, 1.165) is 11.3 Å². The first-order chi connectivity index (χ1) is 12.0. The van der Waals surface area contributed by atoms with Gasteiger partial charge in [-0.2, -0.15) is 0 Å². The lowest BCUT2D eigenvalue weighted by atomic mass is 10.1. The number of aryl methyl sites for hydroxylation is 1. The Hall–Kier alpha value is -2.69. The van der Waals surface area contributed by atoms with E-state index in [2.05, 4.69) is 10.3 Å². The summed E-state index contributed by atoms with van der Waals surface area (Å²) in [5, 5.41) is 2.99. The molecule has 1 fully saturated rings. The van der Waals surface area contributed by atoms with Gasteiger partial charge in [0.05, 0.1) is 11.7 Å². The number of benzene rings is 1. The Morgan fingerprint density at radius 3 is 2.72 bits per heavy atom. The summed E-state index contributed by atoms with van der Waals surface area (Å²) in [5.41, 5.74) is 3.02. The van der Waals surface area contributed by atoms with Gasteiger partial charge >= 0.3 is 0 Å². The van der Waals surface area contributed by atoms with Crippen molar-refractivity contribution in [3.63, 3.8) is 0 Å². The van der Waals surface area contributed by atoms with Gasteiger partial charge in [-0.15, -0.1) is 0 Å². The number of amides is 2. The van der Waals surface area contributed by atoms with E-state index in [0.29, 0.717) is 19.4 Å². The fourth-order valence-electron chi connectivity index (χ4n) is 3.11. The van der Waals surface area contributed by atoms with Gasteiger partial charge in [-0.1, -0.05) is 35.9 Å². The third-order valence-corrected chi connectivity index (χ3v) is 4.59. The number of hydrogen-bond acceptors (Lipinski definition) is 3. The smallest absolute Gasteiger partial charge is 0.243 e. The summed E-state index contributed by atoms with van der Waals surface area (Å²) in [5.74, 6) is -0.0812. The highest BCUT2D eigenvalue weighted by atomic mass is 16.2. The van der Waals surface area contributed by atoms with Crippen molar-refractivity contribution in [1.82, 2.24) is 15.2 Å². The number of carbonyl (C=O) groups excluding carboxylic acids is 2. The van der Waals surface area contributed by atoms with Gasteiger partial charge in [0.15, 0.2) is 0 Å². The topological polar surface area (TPSA) is 62.3 Å². The number of likely N-dealkylation sites (tertiary alicyclic amines) is 1. The average molecular weight is 337 g/mol. The second-order valence-electron chi connectivity index (χ2n) is 6.55. The second-order valence-corrected chi connectivity index (χ2v) is 6.55. The van der Waals surface area contributed by atoms with Gasteiger partial charge in [0.25, 0.3) is 0 Å². The molecule has 2 amide bonds. The zero-order valence-corrected chi connectivity index (χ0v) is 14.6. The van der Waals surface area contributed by atoms with E-state index in [9.17, 15) is 9.59 Å². The number of pyridine rings is 1. The van der Waals surface area contributed by atoms with Crippen molar-refractivity contribution in [3.05, 3.63) is 65.5 Å². The summed E-state index contributed by atoms with van der Waals surface area (Å²) in [6.45, 7) is 4.40. The van der Waals surface area contributed by atoms with Gasteiger partial charge in [-0.05, 0) is 38.0 Å². The van der Waals surface area contributed by atoms with Crippen LogP contribution in [-0.4, -0.2) is 27.7 Å². The quantitative estimate of drug-likeness (QED) is 0.912. The normalized spacial score (nSPS) is 18.2. The minimum Gasteiger partial charge on any atom is -0.346 e. The SMILES string of the molecule is Cc1ccc(CN2C(=O)CC[C@@H]2C(=O)N[C@H](C)c2ccccn2)cc1. The molecule has 5 heteroatoms. The molecule has 25 heavy (non-hydrogen) atoms. The lowest BCUT2D eigenvalue weighted by Crippen LogP contribution is -2.45. The first-order valence-electron chi connectivity index (χ1n) is 8.61. The minimum atomic E-state index is -0.417. The summed E-state index contributed by atoms with van der Waals surface area (Å²) in [6, 6.07) is 13.1. The van der Waals surface area contributed by atoms with Gasteiger partial charge in [-0.25, -0.2) is 0 Å². The molecule has 2 atom stereocenters. The molecule has 1 N–H and O–H groups in total. The van der Waals surface area contributed by atoms with E-state index >= 15 is 0 Å². The molecule has 1 aliphatic heterocycles. The monoisotopic (exact) mass is 337 g/mol. The van der Waals surface area contributed by atoms with E-state index in [1.165, 1.54) is 5.56 Å². The van der Waals surface area contributed by atoms with Crippen molar-refractivity contribution in [2.75, 3.05) is 0 Å². The maximum absolute atomic E-state index is 12.7. The molecule has 130 valence electrons. The molecular formula is C20H23N3O2. The standard InChI is InChI=1S/C20H23N3O2/c1-14-6-8-16(9-7-14)13-23-18(10-11-19(23)24)20(25)22-15(2)17-5-3-4-12-21-17/h3-9,12,15,18H,10-11,13H2,1-2H3,(H,22,25)/t15-,18-/m1/s1. The number of nitrogens with one attached hydrogen (secondary N) is 1. The first kappa shape index (κ1) is 17.1. The van der Waals surface area contributed by atoms with Crippen LogP contribution in [0.1, 0.15) is 42.6 Å². The first-order valence-corrected chi connectivity index (χ1v) is 8.61. The van der Waals surface area contributed by atoms with Gasteiger partial charge in [0.2, 0.25) is 11.8 Å².